The van der Waals surface area contributed by atoms with E-state index in [0.29, 0.717) is 0 Å². The monoisotopic (exact) mass is 343 g/mol. The van der Waals surface area contributed by atoms with Gasteiger partial charge in [0.05, 0.1) is 17.3 Å². The molecule has 0 fully saturated rings. The van der Waals surface area contributed by atoms with Gasteiger partial charge < -0.3 is 0 Å². The van der Waals surface area contributed by atoms with Gasteiger partial charge in [0.1, 0.15) is 11.5 Å². The van der Waals surface area contributed by atoms with Gasteiger partial charge in [-0.3, -0.25) is 5.10 Å². The van der Waals surface area contributed by atoms with E-state index in [-0.39, 0.29) is 5.82 Å². The molecule has 0 aliphatic carbocycles. The van der Waals surface area contributed by atoms with E-state index in [1.807, 2.05) is 31.5 Å². The zero-order chi connectivity index (χ0) is 17.7. The summed E-state index contributed by atoms with van der Waals surface area (Å²) in [6, 6.07) is 12.4. The van der Waals surface area contributed by atoms with E-state index in [1.54, 1.807) is 22.8 Å². The van der Waals surface area contributed by atoms with Crippen LogP contribution in [0.2, 0.25) is 0 Å². The molecule has 0 aliphatic heterocycles. The minimum absolute atomic E-state index is 0.271. The van der Waals surface area contributed by atoms with E-state index in [0.717, 1.165) is 44.5 Å². The number of hydrogen-bond acceptors (Lipinski definition) is 3. The van der Waals surface area contributed by atoms with Gasteiger partial charge >= 0.3 is 0 Å². The third kappa shape index (κ3) is 2.27. The summed E-state index contributed by atoms with van der Waals surface area (Å²) in [5, 5.41) is 12.8. The standard InChI is InChI=1S/C20H14FN5/c1-12-9-22-20-18(14-4-7-17-15(8-14)10-23-24-17)19(25-26(20)11-12)13-2-5-16(21)6-3-13/h2-11H,1H3,(H,23,24). The molecule has 0 unspecified atom stereocenters. The Bertz CT molecular complexity index is 1250. The van der Waals surface area contributed by atoms with Crippen LogP contribution in [0.25, 0.3) is 38.9 Å². The number of aromatic nitrogens is 5. The summed E-state index contributed by atoms with van der Waals surface area (Å²) >= 11 is 0. The van der Waals surface area contributed by atoms with Crippen molar-refractivity contribution in [3.63, 3.8) is 0 Å². The normalized spacial score (nSPS) is 11.5. The number of aryl methyl sites for hydroxylation is 1. The molecule has 0 atom stereocenters. The summed E-state index contributed by atoms with van der Waals surface area (Å²) in [6.07, 6.45) is 5.56. The first-order valence-corrected chi connectivity index (χ1v) is 8.23. The number of rotatable bonds is 2. The van der Waals surface area contributed by atoms with Crippen LogP contribution in [0.5, 0.6) is 0 Å². The van der Waals surface area contributed by atoms with Crippen LogP contribution in [0.4, 0.5) is 4.39 Å². The average molecular weight is 343 g/mol. The first-order chi connectivity index (χ1) is 12.7. The molecule has 6 heteroatoms. The highest BCUT2D eigenvalue weighted by atomic mass is 19.1. The number of halogens is 1. The fourth-order valence-electron chi connectivity index (χ4n) is 3.20. The van der Waals surface area contributed by atoms with Gasteiger partial charge in [-0.2, -0.15) is 10.2 Å². The minimum atomic E-state index is -0.271. The van der Waals surface area contributed by atoms with Crippen molar-refractivity contribution in [1.29, 1.82) is 0 Å². The maximum atomic E-state index is 13.4. The Labute approximate surface area is 148 Å². The van der Waals surface area contributed by atoms with Crippen LogP contribution in [0.3, 0.4) is 0 Å². The third-order valence-corrected chi connectivity index (χ3v) is 4.45. The number of nitrogens with zero attached hydrogens (tertiary/aromatic N) is 4. The van der Waals surface area contributed by atoms with E-state index in [1.165, 1.54) is 12.1 Å². The number of fused-ring (bicyclic) bond motifs is 2. The van der Waals surface area contributed by atoms with Gasteiger partial charge in [-0.1, -0.05) is 6.07 Å². The molecule has 0 spiro atoms. The zero-order valence-corrected chi connectivity index (χ0v) is 13.9. The Morgan fingerprint density at radius 1 is 1.00 bits per heavy atom. The number of nitrogens with one attached hydrogen (secondary N) is 1. The van der Waals surface area contributed by atoms with Crippen molar-refractivity contribution in [3.05, 3.63) is 72.4 Å². The molecule has 3 aromatic heterocycles. The molecule has 0 saturated carbocycles. The van der Waals surface area contributed by atoms with Crippen molar-refractivity contribution in [1.82, 2.24) is 24.8 Å². The topological polar surface area (TPSA) is 58.9 Å². The first kappa shape index (κ1) is 14.8. The van der Waals surface area contributed by atoms with Crippen molar-refractivity contribution in [2.24, 2.45) is 0 Å². The lowest BCUT2D eigenvalue weighted by atomic mass is 10.00. The third-order valence-electron chi connectivity index (χ3n) is 4.45. The molecule has 0 saturated heterocycles. The number of hydrogen-bond donors (Lipinski definition) is 1. The predicted molar refractivity (Wildman–Crippen MR) is 98.2 cm³/mol. The Hall–Kier alpha value is -3.54. The molecular weight excluding hydrogens is 329 g/mol. The Balaban J connectivity index is 1.83. The lowest BCUT2D eigenvalue weighted by Crippen LogP contribution is -1.91. The lowest BCUT2D eigenvalue weighted by molar-refractivity contribution is 0.628. The van der Waals surface area contributed by atoms with Crippen molar-refractivity contribution >= 4 is 16.6 Å². The summed E-state index contributed by atoms with van der Waals surface area (Å²) in [4.78, 5) is 4.59. The minimum Gasteiger partial charge on any atom is -0.278 e. The van der Waals surface area contributed by atoms with Gasteiger partial charge in [0.15, 0.2) is 5.65 Å². The van der Waals surface area contributed by atoms with Crippen molar-refractivity contribution < 1.29 is 4.39 Å². The molecule has 0 amide bonds. The van der Waals surface area contributed by atoms with Crippen LogP contribution < -0.4 is 0 Å². The van der Waals surface area contributed by atoms with Crippen LogP contribution in [0.15, 0.2) is 61.1 Å². The van der Waals surface area contributed by atoms with E-state index in [2.05, 4.69) is 21.2 Å². The molecular formula is C20H14FN5. The molecule has 5 rings (SSSR count). The van der Waals surface area contributed by atoms with E-state index in [9.17, 15) is 4.39 Å². The Morgan fingerprint density at radius 3 is 2.65 bits per heavy atom. The fraction of sp³-hybridized carbons (Fsp3) is 0.0500. The van der Waals surface area contributed by atoms with Crippen LogP contribution in [-0.4, -0.2) is 24.8 Å². The van der Waals surface area contributed by atoms with Crippen molar-refractivity contribution in [2.45, 2.75) is 6.92 Å². The quantitative estimate of drug-likeness (QED) is 0.517. The average Bonchev–Trinajstić information content (AvgIpc) is 3.25. The second-order valence-corrected chi connectivity index (χ2v) is 6.30. The molecule has 1 N–H and O–H groups in total. The van der Waals surface area contributed by atoms with Crippen LogP contribution in [0.1, 0.15) is 5.56 Å². The van der Waals surface area contributed by atoms with Gasteiger partial charge in [0, 0.05) is 23.3 Å². The van der Waals surface area contributed by atoms with Gasteiger partial charge in [0.25, 0.3) is 0 Å². The molecule has 5 aromatic rings. The highest BCUT2D eigenvalue weighted by Crippen LogP contribution is 2.35. The summed E-state index contributed by atoms with van der Waals surface area (Å²) in [5.74, 6) is -0.271. The number of benzene rings is 2. The van der Waals surface area contributed by atoms with Gasteiger partial charge in [-0.25, -0.2) is 13.9 Å². The Morgan fingerprint density at radius 2 is 1.81 bits per heavy atom. The number of H-pyrrole nitrogens is 1. The van der Waals surface area contributed by atoms with Gasteiger partial charge in [-0.15, -0.1) is 0 Å². The predicted octanol–water partition coefficient (Wildman–Crippen LogP) is 4.39. The molecule has 0 bridgehead atoms. The molecule has 5 nitrogen and oxygen atoms in total. The largest absolute Gasteiger partial charge is 0.278 e. The highest BCUT2D eigenvalue weighted by Gasteiger charge is 2.18. The molecule has 126 valence electrons. The lowest BCUT2D eigenvalue weighted by Gasteiger charge is -2.04. The van der Waals surface area contributed by atoms with Crippen molar-refractivity contribution in [2.75, 3.05) is 0 Å². The highest BCUT2D eigenvalue weighted by molar-refractivity contribution is 5.94. The molecule has 0 radical (unpaired) electrons. The van der Waals surface area contributed by atoms with E-state index in [4.69, 9.17) is 5.10 Å². The summed E-state index contributed by atoms with van der Waals surface area (Å²) in [7, 11) is 0. The van der Waals surface area contributed by atoms with Gasteiger partial charge in [-0.05, 0) is 54.4 Å². The molecule has 2 aromatic carbocycles. The molecule has 3 heterocycles. The molecule has 26 heavy (non-hydrogen) atoms. The number of aromatic amines is 1. The maximum Gasteiger partial charge on any atom is 0.163 e. The van der Waals surface area contributed by atoms with E-state index < -0.39 is 0 Å². The smallest absolute Gasteiger partial charge is 0.163 e. The Kier molecular flexibility index (Phi) is 3.12. The van der Waals surface area contributed by atoms with Crippen LogP contribution >= 0.6 is 0 Å². The maximum absolute atomic E-state index is 13.4. The first-order valence-electron chi connectivity index (χ1n) is 8.23. The SMILES string of the molecule is Cc1cnc2c(-c3ccc4[nH]ncc4c3)c(-c3ccc(F)cc3)nn2c1. The van der Waals surface area contributed by atoms with E-state index >= 15 is 0 Å². The summed E-state index contributed by atoms with van der Waals surface area (Å²) in [5.41, 5.74) is 6.27. The fourth-order valence-corrected chi connectivity index (χ4v) is 3.20. The van der Waals surface area contributed by atoms with Crippen LogP contribution in [0, 0.1) is 12.7 Å². The van der Waals surface area contributed by atoms with Crippen LogP contribution in [-0.2, 0) is 0 Å². The summed E-state index contributed by atoms with van der Waals surface area (Å²) < 4.78 is 15.2. The second-order valence-electron chi connectivity index (χ2n) is 6.30. The van der Waals surface area contributed by atoms with Gasteiger partial charge in [0.2, 0.25) is 0 Å². The molecule has 0 aliphatic rings. The second kappa shape index (κ2) is 5.49. The summed E-state index contributed by atoms with van der Waals surface area (Å²) in [6.45, 7) is 1.98. The zero-order valence-electron chi connectivity index (χ0n) is 13.9. The van der Waals surface area contributed by atoms with Crippen molar-refractivity contribution in [3.8, 4) is 22.4 Å².